The van der Waals surface area contributed by atoms with Gasteiger partial charge in [0.15, 0.2) is 5.79 Å². The van der Waals surface area contributed by atoms with Gasteiger partial charge in [-0.1, -0.05) is 52.4 Å². The summed E-state index contributed by atoms with van der Waals surface area (Å²) in [6, 6.07) is 0. The Morgan fingerprint density at radius 1 is 1.00 bits per heavy atom. The fourth-order valence-corrected chi connectivity index (χ4v) is 7.48. The van der Waals surface area contributed by atoms with Crippen molar-refractivity contribution in [2.75, 3.05) is 13.2 Å². The smallest absolute Gasteiger partial charge is 0.173 e. The molecule has 0 aromatic carbocycles. The maximum Gasteiger partial charge on any atom is 0.173 e. The van der Waals surface area contributed by atoms with Gasteiger partial charge in [0.05, 0.1) is 18.6 Å². The molecule has 1 spiro atoms. The van der Waals surface area contributed by atoms with E-state index in [1.54, 1.807) is 5.57 Å². The second-order valence-electron chi connectivity index (χ2n) is 11.3. The van der Waals surface area contributed by atoms with Crippen molar-refractivity contribution in [2.45, 2.75) is 91.1 Å². The van der Waals surface area contributed by atoms with Gasteiger partial charge in [-0.25, -0.2) is 0 Å². The van der Waals surface area contributed by atoms with Crippen molar-refractivity contribution in [3.63, 3.8) is 0 Å². The van der Waals surface area contributed by atoms with Crippen LogP contribution in [0, 0.1) is 33.6 Å². The first-order valence-electron chi connectivity index (χ1n) is 11.1. The molecule has 3 heteroatoms. The molecule has 0 unspecified atom stereocenters. The standard InChI is InChI=1S/C24H38O2Si/c1-21(2)19-10-12-23(15-18-27(4,5)6)11-8-7-9-20(23)22(19,3)13-14-24(21)25-16-17-26-24/h9,19H,7-8,10-14,16-17H2,1-6H3/t19-,22-,23+/m0/s1. The zero-order valence-corrected chi connectivity index (χ0v) is 19.3. The SMILES string of the molecule is CC1(C)[C@@H]2CC[C@@]3(C#C[Si](C)(C)C)CCCC=C3[C@@]2(C)CCC12OCCO2. The molecule has 3 aliphatic carbocycles. The molecule has 1 heterocycles. The van der Waals surface area contributed by atoms with E-state index in [2.05, 4.69) is 58.0 Å². The van der Waals surface area contributed by atoms with Crippen molar-refractivity contribution in [3.05, 3.63) is 11.6 Å². The van der Waals surface area contributed by atoms with Gasteiger partial charge < -0.3 is 9.47 Å². The molecule has 27 heavy (non-hydrogen) atoms. The quantitative estimate of drug-likeness (QED) is 0.291. The third kappa shape index (κ3) is 2.90. The van der Waals surface area contributed by atoms with Crippen molar-refractivity contribution in [1.29, 1.82) is 0 Å². The molecule has 0 radical (unpaired) electrons. The maximum atomic E-state index is 6.28. The molecule has 4 rings (SSSR count). The number of hydrogen-bond donors (Lipinski definition) is 0. The van der Waals surface area contributed by atoms with Gasteiger partial charge in [0, 0.05) is 11.8 Å². The van der Waals surface area contributed by atoms with Gasteiger partial charge in [-0.05, 0) is 55.4 Å². The Morgan fingerprint density at radius 2 is 1.70 bits per heavy atom. The van der Waals surface area contributed by atoms with Crippen LogP contribution in [0.5, 0.6) is 0 Å². The van der Waals surface area contributed by atoms with Crippen molar-refractivity contribution >= 4 is 8.07 Å². The van der Waals surface area contributed by atoms with Crippen molar-refractivity contribution in [3.8, 4) is 11.5 Å². The lowest BCUT2D eigenvalue weighted by atomic mass is 9.43. The number of allylic oxidation sites excluding steroid dienone is 2. The first-order chi connectivity index (χ1) is 12.5. The van der Waals surface area contributed by atoms with E-state index in [0.29, 0.717) is 5.92 Å². The zero-order valence-electron chi connectivity index (χ0n) is 18.3. The van der Waals surface area contributed by atoms with Crippen LogP contribution in [0.1, 0.15) is 65.7 Å². The molecule has 0 N–H and O–H groups in total. The zero-order chi connectivity index (χ0) is 19.6. The lowest BCUT2D eigenvalue weighted by Crippen LogP contribution is -2.61. The number of fused-ring (bicyclic) bond motifs is 3. The van der Waals surface area contributed by atoms with E-state index in [0.717, 1.165) is 19.6 Å². The highest BCUT2D eigenvalue weighted by Crippen LogP contribution is 2.68. The summed E-state index contributed by atoms with van der Waals surface area (Å²) >= 11 is 0. The fraction of sp³-hybridized carbons (Fsp3) is 0.833. The Balaban J connectivity index is 1.76. The molecule has 150 valence electrons. The van der Waals surface area contributed by atoms with Gasteiger partial charge >= 0.3 is 0 Å². The minimum absolute atomic E-state index is 0.0349. The first-order valence-corrected chi connectivity index (χ1v) is 14.6. The lowest BCUT2D eigenvalue weighted by Gasteiger charge is -2.64. The predicted molar refractivity (Wildman–Crippen MR) is 114 cm³/mol. The fourth-order valence-electron chi connectivity index (χ4n) is 6.87. The van der Waals surface area contributed by atoms with Crippen LogP contribution in [0.3, 0.4) is 0 Å². The summed E-state index contributed by atoms with van der Waals surface area (Å²) in [5, 5.41) is 0. The molecular formula is C24H38O2Si. The van der Waals surface area contributed by atoms with E-state index in [4.69, 9.17) is 9.47 Å². The van der Waals surface area contributed by atoms with E-state index in [-0.39, 0.29) is 22.0 Å². The Hall–Kier alpha value is -0.563. The molecule has 0 bridgehead atoms. The monoisotopic (exact) mass is 386 g/mol. The highest BCUT2D eigenvalue weighted by molar-refractivity contribution is 6.83. The Morgan fingerprint density at radius 3 is 2.37 bits per heavy atom. The highest BCUT2D eigenvalue weighted by Gasteiger charge is 2.65. The summed E-state index contributed by atoms with van der Waals surface area (Å²) in [4.78, 5) is 0. The van der Waals surface area contributed by atoms with Gasteiger partial charge in [-0.3, -0.25) is 0 Å². The summed E-state index contributed by atoms with van der Waals surface area (Å²) in [6.07, 6.45) is 11.0. The van der Waals surface area contributed by atoms with Gasteiger partial charge in [-0.2, -0.15) is 0 Å². The van der Waals surface area contributed by atoms with Crippen LogP contribution in [0.4, 0.5) is 0 Å². The van der Waals surface area contributed by atoms with Gasteiger partial charge in [0.25, 0.3) is 0 Å². The Bertz CT molecular complexity index is 698. The molecule has 0 aromatic rings. The normalized spacial score (nSPS) is 39.8. The molecule has 3 fully saturated rings. The summed E-state index contributed by atoms with van der Waals surface area (Å²) in [5.41, 5.74) is 5.86. The second kappa shape index (κ2) is 6.22. The Kier molecular flexibility index (Phi) is 4.54. The molecule has 1 aliphatic heterocycles. The summed E-state index contributed by atoms with van der Waals surface area (Å²) in [5.74, 6) is 4.14. The van der Waals surface area contributed by atoms with E-state index >= 15 is 0 Å². The molecule has 2 nitrogen and oxygen atoms in total. The van der Waals surface area contributed by atoms with Crippen LogP contribution in [0.2, 0.25) is 19.6 Å². The van der Waals surface area contributed by atoms with Crippen LogP contribution in [-0.2, 0) is 9.47 Å². The van der Waals surface area contributed by atoms with Gasteiger partial charge in [-0.15, -0.1) is 5.54 Å². The van der Waals surface area contributed by atoms with Crippen LogP contribution in [-0.4, -0.2) is 27.1 Å². The molecular weight excluding hydrogens is 348 g/mol. The molecule has 0 aromatic heterocycles. The van der Waals surface area contributed by atoms with Crippen molar-refractivity contribution in [1.82, 2.24) is 0 Å². The molecule has 4 aliphatic rings. The van der Waals surface area contributed by atoms with Crippen molar-refractivity contribution < 1.29 is 9.47 Å². The van der Waals surface area contributed by atoms with Crippen LogP contribution >= 0.6 is 0 Å². The van der Waals surface area contributed by atoms with Crippen LogP contribution in [0.15, 0.2) is 11.6 Å². The van der Waals surface area contributed by atoms with Crippen molar-refractivity contribution in [2.24, 2.45) is 22.2 Å². The minimum Gasteiger partial charge on any atom is -0.347 e. The number of rotatable bonds is 0. The minimum atomic E-state index is -1.37. The lowest BCUT2D eigenvalue weighted by molar-refractivity contribution is -0.284. The van der Waals surface area contributed by atoms with E-state index in [1.165, 1.54) is 38.5 Å². The van der Waals surface area contributed by atoms with Gasteiger partial charge in [0.2, 0.25) is 0 Å². The summed E-state index contributed by atoms with van der Waals surface area (Å²) in [7, 11) is -1.37. The van der Waals surface area contributed by atoms with Crippen LogP contribution in [0.25, 0.3) is 0 Å². The van der Waals surface area contributed by atoms with E-state index in [1.807, 2.05) is 0 Å². The van der Waals surface area contributed by atoms with E-state index < -0.39 is 8.07 Å². The Labute approximate surface area is 167 Å². The maximum absolute atomic E-state index is 6.28. The van der Waals surface area contributed by atoms with Gasteiger partial charge in [0.1, 0.15) is 8.07 Å². The third-order valence-electron chi connectivity index (χ3n) is 8.17. The molecule has 2 saturated carbocycles. The second-order valence-corrected chi connectivity index (χ2v) is 16.0. The molecule has 1 saturated heterocycles. The average Bonchev–Trinajstić information content (AvgIpc) is 3.08. The topological polar surface area (TPSA) is 18.5 Å². The first kappa shape index (κ1) is 19.7. The summed E-state index contributed by atoms with van der Waals surface area (Å²) in [6.45, 7) is 16.0. The summed E-state index contributed by atoms with van der Waals surface area (Å²) < 4.78 is 12.6. The average molecular weight is 387 g/mol. The predicted octanol–water partition coefficient (Wildman–Crippen LogP) is 5.94. The number of hydrogen-bond acceptors (Lipinski definition) is 2. The highest BCUT2D eigenvalue weighted by atomic mass is 28.3. The number of ether oxygens (including phenoxy) is 2. The largest absolute Gasteiger partial charge is 0.347 e. The molecule has 3 atom stereocenters. The van der Waals surface area contributed by atoms with Crippen LogP contribution < -0.4 is 0 Å². The third-order valence-corrected chi connectivity index (χ3v) is 9.05. The molecule has 0 amide bonds. The van der Waals surface area contributed by atoms with E-state index in [9.17, 15) is 0 Å².